The predicted molar refractivity (Wildman–Crippen MR) is 34.5 cm³/mol. The maximum Gasteiger partial charge on any atom is 0.125 e. The van der Waals surface area contributed by atoms with Gasteiger partial charge in [-0.3, -0.25) is 0 Å². The van der Waals surface area contributed by atoms with Crippen LogP contribution in [0.25, 0.3) is 0 Å². The van der Waals surface area contributed by atoms with Gasteiger partial charge >= 0.3 is 0 Å². The second kappa shape index (κ2) is 2.13. The highest BCUT2D eigenvalue weighted by molar-refractivity contribution is 4.97. The van der Waals surface area contributed by atoms with E-state index in [0.29, 0.717) is 0 Å². The van der Waals surface area contributed by atoms with Gasteiger partial charge in [0.05, 0.1) is 6.26 Å². The Bertz CT molecular complexity index is 145. The lowest BCUT2D eigenvalue weighted by Gasteiger charge is -2.16. The zero-order chi connectivity index (χ0) is 6.74. The van der Waals surface area contributed by atoms with Gasteiger partial charge in [-0.1, -0.05) is 0 Å². The molecule has 0 N–H and O–H groups in total. The lowest BCUT2D eigenvalue weighted by molar-refractivity contribution is 0.105. The maximum atomic E-state index is 5.20. The molecule has 0 saturated heterocycles. The Morgan fingerprint density at radius 3 is 2.67 bits per heavy atom. The van der Waals surface area contributed by atoms with E-state index >= 15 is 0 Å². The second-order valence-electron chi connectivity index (χ2n) is 2.43. The Hall–Kier alpha value is -0.920. The Morgan fingerprint density at radius 1 is 1.11 bits per heavy atom. The van der Waals surface area contributed by atoms with Gasteiger partial charge in [-0.05, 0) is 19.9 Å². The van der Waals surface area contributed by atoms with Gasteiger partial charge in [0.25, 0.3) is 0 Å². The molecule has 1 aliphatic rings. The molecule has 0 bridgehead atoms. The van der Waals surface area contributed by atoms with Crippen molar-refractivity contribution in [3.8, 4) is 0 Å². The summed E-state index contributed by atoms with van der Waals surface area (Å²) in [5.74, 6) is 0. The van der Waals surface area contributed by atoms with Crippen molar-refractivity contribution in [1.29, 1.82) is 0 Å². The van der Waals surface area contributed by atoms with E-state index in [9.17, 15) is 0 Å². The van der Waals surface area contributed by atoms with Crippen LogP contribution in [0.3, 0.4) is 0 Å². The number of rotatable bonds is 0. The van der Waals surface area contributed by atoms with Crippen LogP contribution in [0.4, 0.5) is 0 Å². The van der Waals surface area contributed by atoms with Crippen LogP contribution in [-0.2, 0) is 9.47 Å². The molecule has 0 aliphatic carbocycles. The molecule has 0 amide bonds. The summed E-state index contributed by atoms with van der Waals surface area (Å²) >= 11 is 0. The second-order valence-corrected chi connectivity index (χ2v) is 2.43. The third-order valence-electron chi connectivity index (χ3n) is 1.05. The topological polar surface area (TPSA) is 18.5 Å². The first-order valence-corrected chi connectivity index (χ1v) is 2.87. The standard InChI is InChI=1S/C7H10O2/c1-7(2)3-4-8-5-6-9-7/h3-6H,1-2H3. The van der Waals surface area contributed by atoms with Crippen molar-refractivity contribution in [3.63, 3.8) is 0 Å². The first kappa shape index (κ1) is 6.20. The fourth-order valence-electron chi connectivity index (χ4n) is 0.523. The van der Waals surface area contributed by atoms with Gasteiger partial charge in [0, 0.05) is 0 Å². The van der Waals surface area contributed by atoms with Gasteiger partial charge in [0.15, 0.2) is 0 Å². The van der Waals surface area contributed by atoms with Gasteiger partial charge in [0.1, 0.15) is 18.1 Å². The zero-order valence-electron chi connectivity index (χ0n) is 5.63. The summed E-state index contributed by atoms with van der Waals surface area (Å²) in [6.07, 6.45) is 6.52. The minimum absolute atomic E-state index is 0.229. The quantitative estimate of drug-likeness (QED) is 0.492. The minimum Gasteiger partial charge on any atom is -0.488 e. The molecule has 0 aromatic rings. The fourth-order valence-corrected chi connectivity index (χ4v) is 0.523. The minimum atomic E-state index is -0.229. The molecule has 50 valence electrons. The first-order chi connectivity index (χ1) is 4.21. The summed E-state index contributed by atoms with van der Waals surface area (Å²) < 4.78 is 10.0. The molecule has 0 aromatic heterocycles. The molecule has 0 aromatic carbocycles. The monoisotopic (exact) mass is 126 g/mol. The largest absolute Gasteiger partial charge is 0.488 e. The summed E-state index contributed by atoms with van der Waals surface area (Å²) in [5.41, 5.74) is -0.229. The van der Waals surface area contributed by atoms with Crippen molar-refractivity contribution in [3.05, 3.63) is 24.9 Å². The van der Waals surface area contributed by atoms with E-state index in [-0.39, 0.29) is 5.60 Å². The Labute approximate surface area is 54.8 Å². The molecular formula is C7H10O2. The van der Waals surface area contributed by atoms with Crippen molar-refractivity contribution in [2.75, 3.05) is 0 Å². The SMILES string of the molecule is CC1(C)C=COC=CO1. The molecule has 1 heterocycles. The third kappa shape index (κ3) is 1.80. The maximum absolute atomic E-state index is 5.20. The van der Waals surface area contributed by atoms with Crippen molar-refractivity contribution in [1.82, 2.24) is 0 Å². The van der Waals surface area contributed by atoms with Crippen LogP contribution in [0.5, 0.6) is 0 Å². The molecule has 2 nitrogen and oxygen atoms in total. The van der Waals surface area contributed by atoms with Crippen molar-refractivity contribution >= 4 is 0 Å². The fraction of sp³-hybridized carbons (Fsp3) is 0.429. The van der Waals surface area contributed by atoms with E-state index in [1.165, 1.54) is 6.26 Å². The molecule has 1 aliphatic heterocycles. The lowest BCUT2D eigenvalue weighted by atomic mass is 10.1. The molecular weight excluding hydrogens is 116 g/mol. The summed E-state index contributed by atoms with van der Waals surface area (Å²) in [5, 5.41) is 0. The Kier molecular flexibility index (Phi) is 1.47. The molecule has 0 radical (unpaired) electrons. The highest BCUT2D eigenvalue weighted by Crippen LogP contribution is 2.13. The van der Waals surface area contributed by atoms with E-state index in [1.807, 2.05) is 19.9 Å². The Morgan fingerprint density at radius 2 is 1.89 bits per heavy atom. The summed E-state index contributed by atoms with van der Waals surface area (Å²) in [6.45, 7) is 3.92. The van der Waals surface area contributed by atoms with E-state index in [0.717, 1.165) is 0 Å². The van der Waals surface area contributed by atoms with Crippen LogP contribution in [0.2, 0.25) is 0 Å². The summed E-state index contributed by atoms with van der Waals surface area (Å²) in [6, 6.07) is 0. The van der Waals surface area contributed by atoms with E-state index in [2.05, 4.69) is 0 Å². The summed E-state index contributed by atoms with van der Waals surface area (Å²) in [7, 11) is 0. The van der Waals surface area contributed by atoms with E-state index < -0.39 is 0 Å². The van der Waals surface area contributed by atoms with Crippen LogP contribution >= 0.6 is 0 Å². The normalized spacial score (nSPS) is 22.0. The van der Waals surface area contributed by atoms with Crippen LogP contribution in [0.1, 0.15) is 13.8 Å². The molecule has 0 saturated carbocycles. The van der Waals surface area contributed by atoms with Gasteiger partial charge in [-0.25, -0.2) is 0 Å². The molecule has 0 spiro atoms. The average molecular weight is 126 g/mol. The number of hydrogen-bond acceptors (Lipinski definition) is 2. The molecule has 2 heteroatoms. The highest BCUT2D eigenvalue weighted by Gasteiger charge is 2.13. The first-order valence-electron chi connectivity index (χ1n) is 2.87. The Balaban J connectivity index is 2.66. The van der Waals surface area contributed by atoms with Gasteiger partial charge in [0.2, 0.25) is 0 Å². The van der Waals surface area contributed by atoms with Crippen molar-refractivity contribution in [2.24, 2.45) is 0 Å². The van der Waals surface area contributed by atoms with Crippen LogP contribution < -0.4 is 0 Å². The summed E-state index contributed by atoms with van der Waals surface area (Å²) in [4.78, 5) is 0. The third-order valence-corrected chi connectivity index (χ3v) is 1.05. The molecule has 9 heavy (non-hydrogen) atoms. The smallest absolute Gasteiger partial charge is 0.125 e. The predicted octanol–water partition coefficient (Wildman–Crippen LogP) is 1.80. The van der Waals surface area contributed by atoms with Crippen LogP contribution in [-0.4, -0.2) is 5.60 Å². The molecule has 0 unspecified atom stereocenters. The van der Waals surface area contributed by atoms with E-state index in [4.69, 9.17) is 9.47 Å². The lowest BCUT2D eigenvalue weighted by Crippen LogP contribution is -2.16. The number of hydrogen-bond donors (Lipinski definition) is 0. The van der Waals surface area contributed by atoms with Crippen LogP contribution in [0, 0.1) is 0 Å². The molecule has 0 atom stereocenters. The van der Waals surface area contributed by atoms with Crippen molar-refractivity contribution < 1.29 is 9.47 Å². The zero-order valence-corrected chi connectivity index (χ0v) is 5.63. The van der Waals surface area contributed by atoms with E-state index in [1.54, 1.807) is 12.5 Å². The number of ether oxygens (including phenoxy) is 2. The van der Waals surface area contributed by atoms with Gasteiger partial charge in [-0.2, -0.15) is 0 Å². The average Bonchev–Trinajstić information content (AvgIpc) is 1.92. The molecule has 1 rings (SSSR count). The highest BCUT2D eigenvalue weighted by atomic mass is 16.5. The van der Waals surface area contributed by atoms with Gasteiger partial charge in [-0.15, -0.1) is 0 Å². The van der Waals surface area contributed by atoms with Crippen LogP contribution in [0.15, 0.2) is 24.9 Å². The van der Waals surface area contributed by atoms with Gasteiger partial charge < -0.3 is 9.47 Å². The molecule has 0 fully saturated rings. The van der Waals surface area contributed by atoms with Crippen molar-refractivity contribution in [2.45, 2.75) is 19.4 Å².